The molecular weight excluding hydrogens is 224 g/mol. The van der Waals surface area contributed by atoms with Crippen molar-refractivity contribution >= 4 is 0 Å². The lowest BCUT2D eigenvalue weighted by atomic mass is 9.93. The molecule has 0 amide bonds. The van der Waals surface area contributed by atoms with E-state index in [1.54, 1.807) is 0 Å². The van der Waals surface area contributed by atoms with Crippen LogP contribution in [-0.4, -0.2) is 42.3 Å². The molecule has 1 fully saturated rings. The van der Waals surface area contributed by atoms with E-state index in [1.807, 2.05) is 0 Å². The molecular formula is C15H22N2O. The highest BCUT2D eigenvalue weighted by Crippen LogP contribution is 2.24. The van der Waals surface area contributed by atoms with E-state index in [1.165, 1.54) is 11.1 Å². The Morgan fingerprint density at radius 1 is 1.33 bits per heavy atom. The fraction of sp³-hybridized carbons (Fsp3) is 0.600. The molecule has 2 aliphatic heterocycles. The summed E-state index contributed by atoms with van der Waals surface area (Å²) in [5, 5.41) is 13.4. The maximum absolute atomic E-state index is 9.74. The first kappa shape index (κ1) is 12.2. The van der Waals surface area contributed by atoms with Crippen molar-refractivity contribution in [3.63, 3.8) is 0 Å². The summed E-state index contributed by atoms with van der Waals surface area (Å²) in [6.07, 6.45) is 3.09. The van der Waals surface area contributed by atoms with Crippen molar-refractivity contribution in [2.75, 3.05) is 26.2 Å². The molecule has 2 aliphatic rings. The zero-order valence-corrected chi connectivity index (χ0v) is 10.8. The maximum atomic E-state index is 9.74. The van der Waals surface area contributed by atoms with Crippen LogP contribution in [0.5, 0.6) is 0 Å². The largest absolute Gasteiger partial charge is 0.392 e. The van der Waals surface area contributed by atoms with Gasteiger partial charge in [-0.05, 0) is 43.5 Å². The van der Waals surface area contributed by atoms with Crippen molar-refractivity contribution in [2.45, 2.75) is 31.4 Å². The van der Waals surface area contributed by atoms with Gasteiger partial charge in [0.25, 0.3) is 0 Å². The molecule has 3 rings (SSSR count). The number of benzene rings is 1. The lowest BCUT2D eigenvalue weighted by Crippen LogP contribution is -2.44. The molecule has 2 atom stereocenters. The van der Waals surface area contributed by atoms with Gasteiger partial charge in [-0.2, -0.15) is 0 Å². The van der Waals surface area contributed by atoms with Crippen molar-refractivity contribution in [1.82, 2.24) is 10.2 Å². The smallest absolute Gasteiger partial charge is 0.0667 e. The van der Waals surface area contributed by atoms with Crippen molar-refractivity contribution in [2.24, 2.45) is 0 Å². The van der Waals surface area contributed by atoms with Crippen molar-refractivity contribution < 1.29 is 5.11 Å². The molecule has 2 N–H and O–H groups in total. The molecule has 0 radical (unpaired) electrons. The summed E-state index contributed by atoms with van der Waals surface area (Å²) >= 11 is 0. The number of nitrogens with zero attached hydrogens (tertiary/aromatic N) is 1. The van der Waals surface area contributed by atoms with E-state index in [0.717, 1.165) is 45.4 Å². The fourth-order valence-corrected chi connectivity index (χ4v) is 3.21. The molecule has 0 aromatic heterocycles. The number of rotatable bonds is 2. The summed E-state index contributed by atoms with van der Waals surface area (Å²) in [4.78, 5) is 2.40. The maximum Gasteiger partial charge on any atom is 0.0667 e. The molecule has 0 spiro atoms. The monoisotopic (exact) mass is 246 g/mol. The quantitative estimate of drug-likeness (QED) is 0.826. The average Bonchev–Trinajstić information content (AvgIpc) is 2.39. The van der Waals surface area contributed by atoms with E-state index >= 15 is 0 Å². The van der Waals surface area contributed by atoms with E-state index in [2.05, 4.69) is 34.5 Å². The first-order valence-corrected chi connectivity index (χ1v) is 7.04. The number of β-amino-alcohol motifs (C(OH)–C–C–N with tert-alkyl or cyclic N) is 1. The predicted molar refractivity (Wildman–Crippen MR) is 72.6 cm³/mol. The summed E-state index contributed by atoms with van der Waals surface area (Å²) in [6.45, 7) is 4.05. The number of hydrogen-bond acceptors (Lipinski definition) is 3. The van der Waals surface area contributed by atoms with Crippen LogP contribution in [0.2, 0.25) is 0 Å². The first-order chi connectivity index (χ1) is 8.83. The topological polar surface area (TPSA) is 35.5 Å². The number of aliphatic hydroxyl groups excluding tert-OH is 1. The molecule has 1 saturated heterocycles. The Morgan fingerprint density at radius 2 is 2.22 bits per heavy atom. The van der Waals surface area contributed by atoms with Crippen molar-refractivity contribution in [3.8, 4) is 0 Å². The molecule has 1 aromatic carbocycles. The Hall–Kier alpha value is -0.900. The van der Waals surface area contributed by atoms with Crippen LogP contribution in [0.1, 0.15) is 30.0 Å². The lowest BCUT2D eigenvalue weighted by molar-refractivity contribution is 0.0649. The van der Waals surface area contributed by atoms with Gasteiger partial charge in [0.05, 0.1) is 6.10 Å². The van der Waals surface area contributed by atoms with Gasteiger partial charge in [-0.3, -0.25) is 4.90 Å². The minimum atomic E-state index is -0.127. The molecule has 0 aliphatic carbocycles. The van der Waals surface area contributed by atoms with Gasteiger partial charge in [0.2, 0.25) is 0 Å². The zero-order valence-electron chi connectivity index (χ0n) is 10.8. The molecule has 0 bridgehead atoms. The number of hydrogen-bond donors (Lipinski definition) is 2. The predicted octanol–water partition coefficient (Wildman–Crippen LogP) is 1.33. The van der Waals surface area contributed by atoms with Gasteiger partial charge in [-0.1, -0.05) is 24.3 Å². The summed E-state index contributed by atoms with van der Waals surface area (Å²) < 4.78 is 0. The second-order valence-electron chi connectivity index (χ2n) is 5.51. The van der Waals surface area contributed by atoms with Gasteiger partial charge >= 0.3 is 0 Å². The lowest BCUT2D eigenvalue weighted by Gasteiger charge is -2.35. The fourth-order valence-electron chi connectivity index (χ4n) is 3.21. The molecule has 18 heavy (non-hydrogen) atoms. The highest BCUT2D eigenvalue weighted by molar-refractivity contribution is 5.32. The minimum absolute atomic E-state index is 0.127. The SMILES string of the molecule is OC1CCCN(CC2NCCc3ccccc32)C1. The summed E-state index contributed by atoms with van der Waals surface area (Å²) in [6, 6.07) is 9.18. The van der Waals surface area contributed by atoms with Crippen molar-refractivity contribution in [3.05, 3.63) is 35.4 Å². The number of nitrogens with one attached hydrogen (secondary N) is 1. The third-order valence-corrected chi connectivity index (χ3v) is 4.14. The van der Waals surface area contributed by atoms with Gasteiger partial charge in [-0.15, -0.1) is 0 Å². The molecule has 3 nitrogen and oxygen atoms in total. The highest BCUT2D eigenvalue weighted by atomic mass is 16.3. The van der Waals surface area contributed by atoms with Gasteiger partial charge in [0.15, 0.2) is 0 Å². The summed E-state index contributed by atoms with van der Waals surface area (Å²) in [5.74, 6) is 0. The Labute approximate surface area is 109 Å². The normalized spacial score (nSPS) is 28.9. The van der Waals surface area contributed by atoms with Crippen LogP contribution in [0, 0.1) is 0 Å². The second-order valence-corrected chi connectivity index (χ2v) is 5.51. The minimum Gasteiger partial charge on any atom is -0.392 e. The number of piperidine rings is 1. The standard InChI is InChI=1S/C15H22N2O/c18-13-5-3-9-17(10-13)11-15-14-6-2-1-4-12(14)7-8-16-15/h1-2,4,6,13,15-16,18H,3,5,7-11H2. The first-order valence-electron chi connectivity index (χ1n) is 7.04. The number of fused-ring (bicyclic) bond motifs is 1. The van der Waals surface area contributed by atoms with E-state index in [0.29, 0.717) is 6.04 Å². The van der Waals surface area contributed by atoms with E-state index in [9.17, 15) is 5.11 Å². The zero-order chi connectivity index (χ0) is 12.4. The molecule has 0 saturated carbocycles. The Balaban J connectivity index is 1.70. The van der Waals surface area contributed by atoms with Crippen LogP contribution in [0.15, 0.2) is 24.3 Å². The van der Waals surface area contributed by atoms with Crippen LogP contribution >= 0.6 is 0 Å². The van der Waals surface area contributed by atoms with Gasteiger partial charge in [-0.25, -0.2) is 0 Å². The molecule has 3 heteroatoms. The third kappa shape index (κ3) is 2.58. The van der Waals surface area contributed by atoms with Crippen LogP contribution in [-0.2, 0) is 6.42 Å². The van der Waals surface area contributed by atoms with Crippen LogP contribution < -0.4 is 5.32 Å². The average molecular weight is 246 g/mol. The summed E-state index contributed by atoms with van der Waals surface area (Å²) in [7, 11) is 0. The van der Waals surface area contributed by atoms with Crippen molar-refractivity contribution in [1.29, 1.82) is 0 Å². The molecule has 1 aromatic rings. The van der Waals surface area contributed by atoms with E-state index in [-0.39, 0.29) is 6.10 Å². The van der Waals surface area contributed by atoms with Crippen LogP contribution in [0.25, 0.3) is 0 Å². The van der Waals surface area contributed by atoms with Gasteiger partial charge < -0.3 is 10.4 Å². The van der Waals surface area contributed by atoms with E-state index < -0.39 is 0 Å². The number of aliphatic hydroxyl groups is 1. The Kier molecular flexibility index (Phi) is 3.64. The van der Waals surface area contributed by atoms with Crippen LogP contribution in [0.4, 0.5) is 0 Å². The van der Waals surface area contributed by atoms with E-state index in [4.69, 9.17) is 0 Å². The second kappa shape index (κ2) is 5.39. The number of likely N-dealkylation sites (tertiary alicyclic amines) is 1. The molecule has 2 unspecified atom stereocenters. The molecule has 2 heterocycles. The third-order valence-electron chi connectivity index (χ3n) is 4.14. The Morgan fingerprint density at radius 3 is 3.11 bits per heavy atom. The van der Waals surface area contributed by atoms with Gasteiger partial charge in [0.1, 0.15) is 0 Å². The van der Waals surface area contributed by atoms with Crippen LogP contribution in [0.3, 0.4) is 0 Å². The summed E-state index contributed by atoms with van der Waals surface area (Å²) in [5.41, 5.74) is 2.93. The highest BCUT2D eigenvalue weighted by Gasteiger charge is 2.24. The van der Waals surface area contributed by atoms with Gasteiger partial charge in [0, 0.05) is 19.1 Å². The Bertz CT molecular complexity index is 407. The molecule has 98 valence electrons.